The van der Waals surface area contributed by atoms with Crippen molar-refractivity contribution in [2.75, 3.05) is 12.4 Å². The maximum Gasteiger partial charge on any atom is 0.151 e. The predicted octanol–water partition coefficient (Wildman–Crippen LogP) is 4.92. The molecular formula is C18H14Cl2N6S. The average molecular weight is 417 g/mol. The van der Waals surface area contributed by atoms with Gasteiger partial charge in [0.2, 0.25) is 0 Å². The molecule has 1 aromatic carbocycles. The van der Waals surface area contributed by atoms with Gasteiger partial charge in [-0.05, 0) is 25.2 Å². The third kappa shape index (κ3) is 3.72. The van der Waals surface area contributed by atoms with E-state index in [-0.39, 0.29) is 0 Å². The molecule has 0 aliphatic heterocycles. The summed E-state index contributed by atoms with van der Waals surface area (Å²) in [5.41, 5.74) is 2.40. The SMILES string of the molecule is CNCc1cnc(Nc2nccc3nc(-c4c(Cl)cccc4Cl)sc23)cn1. The fraction of sp³-hybridized carbons (Fsp3) is 0.111. The van der Waals surface area contributed by atoms with Crippen LogP contribution in [0, 0.1) is 0 Å². The molecule has 4 aromatic rings. The van der Waals surface area contributed by atoms with Gasteiger partial charge in [0.15, 0.2) is 5.82 Å². The zero-order valence-corrected chi connectivity index (χ0v) is 16.5. The molecule has 4 rings (SSSR count). The van der Waals surface area contributed by atoms with Crippen molar-refractivity contribution in [2.45, 2.75) is 6.54 Å². The highest BCUT2D eigenvalue weighted by Crippen LogP contribution is 2.40. The van der Waals surface area contributed by atoms with Crippen LogP contribution in [-0.2, 0) is 6.54 Å². The zero-order valence-electron chi connectivity index (χ0n) is 14.2. The van der Waals surface area contributed by atoms with Gasteiger partial charge in [-0.15, -0.1) is 11.3 Å². The minimum absolute atomic E-state index is 0.565. The van der Waals surface area contributed by atoms with Crippen LogP contribution in [0.2, 0.25) is 10.0 Å². The first-order valence-electron chi connectivity index (χ1n) is 8.08. The Morgan fingerprint density at radius 2 is 1.85 bits per heavy atom. The number of benzene rings is 1. The number of anilines is 2. The Balaban J connectivity index is 1.71. The lowest BCUT2D eigenvalue weighted by atomic mass is 10.2. The summed E-state index contributed by atoms with van der Waals surface area (Å²) in [5, 5.41) is 8.12. The number of halogens is 2. The third-order valence-electron chi connectivity index (χ3n) is 3.79. The maximum atomic E-state index is 6.33. The Bertz CT molecular complexity index is 1080. The lowest BCUT2D eigenvalue weighted by Crippen LogP contribution is -2.07. The molecule has 136 valence electrons. The molecule has 0 radical (unpaired) electrons. The van der Waals surface area contributed by atoms with E-state index < -0.39 is 0 Å². The zero-order chi connectivity index (χ0) is 18.8. The molecular weight excluding hydrogens is 403 g/mol. The molecule has 0 bridgehead atoms. The van der Waals surface area contributed by atoms with Gasteiger partial charge in [-0.3, -0.25) is 4.98 Å². The van der Waals surface area contributed by atoms with E-state index in [1.165, 1.54) is 11.3 Å². The Morgan fingerprint density at radius 3 is 2.56 bits per heavy atom. The summed E-state index contributed by atoms with van der Waals surface area (Å²) in [4.78, 5) is 17.8. The molecule has 0 aliphatic rings. The molecule has 3 aromatic heterocycles. The standard InChI is InChI=1S/C18H14Cl2N6S/c1-21-7-10-8-24-14(9-23-10)26-17-16-13(5-6-22-17)25-18(27-16)15-11(19)3-2-4-12(15)20/h2-6,8-9,21H,7H2,1H3,(H,22,24,26). The largest absolute Gasteiger partial charge is 0.322 e. The lowest BCUT2D eigenvalue weighted by Gasteiger charge is -2.05. The van der Waals surface area contributed by atoms with Gasteiger partial charge in [-0.25, -0.2) is 15.0 Å². The van der Waals surface area contributed by atoms with Gasteiger partial charge in [-0.2, -0.15) is 0 Å². The van der Waals surface area contributed by atoms with Gasteiger partial charge in [0.25, 0.3) is 0 Å². The Kier molecular flexibility index (Phi) is 5.18. The first kappa shape index (κ1) is 18.1. The van der Waals surface area contributed by atoms with Crippen LogP contribution in [0.3, 0.4) is 0 Å². The van der Waals surface area contributed by atoms with Gasteiger partial charge in [-0.1, -0.05) is 29.3 Å². The first-order chi connectivity index (χ1) is 13.2. The molecule has 0 aliphatic carbocycles. The van der Waals surface area contributed by atoms with Gasteiger partial charge in [0.1, 0.15) is 10.8 Å². The average Bonchev–Trinajstić information content (AvgIpc) is 3.08. The van der Waals surface area contributed by atoms with E-state index in [9.17, 15) is 0 Å². The van der Waals surface area contributed by atoms with Crippen molar-refractivity contribution in [1.29, 1.82) is 0 Å². The highest BCUT2D eigenvalue weighted by atomic mass is 35.5. The van der Waals surface area contributed by atoms with Crippen molar-refractivity contribution in [1.82, 2.24) is 25.3 Å². The second-order valence-electron chi connectivity index (χ2n) is 5.67. The van der Waals surface area contributed by atoms with Gasteiger partial charge < -0.3 is 10.6 Å². The maximum absolute atomic E-state index is 6.33. The number of hydrogen-bond acceptors (Lipinski definition) is 7. The first-order valence-corrected chi connectivity index (χ1v) is 9.65. The summed E-state index contributed by atoms with van der Waals surface area (Å²) in [7, 11) is 1.87. The number of pyridine rings is 1. The second-order valence-corrected chi connectivity index (χ2v) is 7.49. The number of nitrogens with zero attached hydrogens (tertiary/aromatic N) is 4. The lowest BCUT2D eigenvalue weighted by molar-refractivity contribution is 0.785. The van der Waals surface area contributed by atoms with E-state index in [1.807, 2.05) is 19.2 Å². The highest BCUT2D eigenvalue weighted by Gasteiger charge is 2.16. The van der Waals surface area contributed by atoms with E-state index in [2.05, 4.69) is 30.6 Å². The van der Waals surface area contributed by atoms with Crippen molar-refractivity contribution in [3.8, 4) is 10.6 Å². The summed E-state index contributed by atoms with van der Waals surface area (Å²) in [6, 6.07) is 7.27. The summed E-state index contributed by atoms with van der Waals surface area (Å²) < 4.78 is 0.893. The Morgan fingerprint density at radius 1 is 1.04 bits per heavy atom. The quantitative estimate of drug-likeness (QED) is 0.480. The number of nitrogens with one attached hydrogen (secondary N) is 2. The van der Waals surface area contributed by atoms with Crippen LogP contribution in [-0.4, -0.2) is 27.0 Å². The molecule has 0 unspecified atom stereocenters. The van der Waals surface area contributed by atoms with E-state index in [0.29, 0.717) is 28.2 Å². The number of thiazole rings is 1. The highest BCUT2D eigenvalue weighted by molar-refractivity contribution is 7.22. The molecule has 0 amide bonds. The van der Waals surface area contributed by atoms with E-state index in [0.717, 1.165) is 26.5 Å². The van der Waals surface area contributed by atoms with E-state index in [4.69, 9.17) is 23.2 Å². The smallest absolute Gasteiger partial charge is 0.151 e. The van der Waals surface area contributed by atoms with Crippen molar-refractivity contribution in [3.05, 3.63) is 58.6 Å². The molecule has 0 saturated heterocycles. The summed E-state index contributed by atoms with van der Waals surface area (Å²) in [6.45, 7) is 0.665. The normalized spacial score (nSPS) is 11.1. The topological polar surface area (TPSA) is 75.6 Å². The van der Waals surface area contributed by atoms with Crippen LogP contribution in [0.1, 0.15) is 5.69 Å². The van der Waals surface area contributed by atoms with Crippen molar-refractivity contribution in [3.63, 3.8) is 0 Å². The van der Waals surface area contributed by atoms with Crippen LogP contribution in [0.15, 0.2) is 42.9 Å². The second kappa shape index (κ2) is 7.74. The molecule has 0 fully saturated rings. The fourth-order valence-electron chi connectivity index (χ4n) is 2.57. The van der Waals surface area contributed by atoms with Crippen molar-refractivity contribution < 1.29 is 0 Å². The summed E-state index contributed by atoms with van der Waals surface area (Å²) >= 11 is 14.1. The predicted molar refractivity (Wildman–Crippen MR) is 111 cm³/mol. The number of aromatic nitrogens is 4. The Labute approximate surface area is 169 Å². The van der Waals surface area contributed by atoms with Gasteiger partial charge >= 0.3 is 0 Å². The third-order valence-corrected chi connectivity index (χ3v) is 5.52. The van der Waals surface area contributed by atoms with Gasteiger partial charge in [0.05, 0.1) is 38.3 Å². The van der Waals surface area contributed by atoms with Crippen LogP contribution in [0.4, 0.5) is 11.6 Å². The van der Waals surface area contributed by atoms with Crippen molar-refractivity contribution >= 4 is 56.4 Å². The molecule has 0 saturated carbocycles. The summed E-state index contributed by atoms with van der Waals surface area (Å²) in [6.07, 6.45) is 5.10. The minimum atomic E-state index is 0.565. The number of fused-ring (bicyclic) bond motifs is 1. The van der Waals surface area contributed by atoms with Crippen LogP contribution in [0.5, 0.6) is 0 Å². The summed E-state index contributed by atoms with van der Waals surface area (Å²) in [5.74, 6) is 1.27. The van der Waals surface area contributed by atoms with Crippen LogP contribution in [0.25, 0.3) is 20.8 Å². The Hall–Kier alpha value is -2.32. The molecule has 0 spiro atoms. The van der Waals surface area contributed by atoms with Crippen molar-refractivity contribution in [2.24, 2.45) is 0 Å². The van der Waals surface area contributed by atoms with Crippen LogP contribution >= 0.6 is 34.5 Å². The molecule has 3 heterocycles. The minimum Gasteiger partial charge on any atom is -0.322 e. The van der Waals surface area contributed by atoms with Crippen LogP contribution < -0.4 is 10.6 Å². The monoisotopic (exact) mass is 416 g/mol. The van der Waals surface area contributed by atoms with Gasteiger partial charge in [0, 0.05) is 18.3 Å². The molecule has 2 N–H and O–H groups in total. The van der Waals surface area contributed by atoms with E-state index in [1.54, 1.807) is 30.7 Å². The molecule has 27 heavy (non-hydrogen) atoms. The fourth-order valence-corrected chi connectivity index (χ4v) is 4.33. The molecule has 6 nitrogen and oxygen atoms in total. The number of hydrogen-bond donors (Lipinski definition) is 2. The molecule has 0 atom stereocenters. The molecule has 9 heteroatoms. The number of rotatable bonds is 5. The van der Waals surface area contributed by atoms with E-state index >= 15 is 0 Å².